The lowest BCUT2D eigenvalue weighted by molar-refractivity contribution is 0.0839. The van der Waals surface area contributed by atoms with E-state index in [0.29, 0.717) is 34.2 Å². The molecule has 0 spiro atoms. The average molecular weight is 541 g/mol. The first kappa shape index (κ1) is 24.9. The van der Waals surface area contributed by atoms with Crippen LogP contribution in [0.5, 0.6) is 0 Å². The summed E-state index contributed by atoms with van der Waals surface area (Å²) >= 11 is 2.74. The predicted octanol–water partition coefficient (Wildman–Crippen LogP) is 4.53. The van der Waals surface area contributed by atoms with Crippen molar-refractivity contribution < 1.29 is 13.9 Å². The van der Waals surface area contributed by atoms with Crippen molar-refractivity contribution in [3.63, 3.8) is 0 Å². The summed E-state index contributed by atoms with van der Waals surface area (Å²) in [5.41, 5.74) is 2.06. The van der Waals surface area contributed by atoms with Crippen molar-refractivity contribution in [1.82, 2.24) is 24.5 Å². The molecule has 1 aliphatic rings. The van der Waals surface area contributed by atoms with Gasteiger partial charge in [-0.15, -0.1) is 5.10 Å². The molecule has 0 aliphatic carbocycles. The number of aromatic nitrogens is 4. The molecule has 3 aromatic heterocycles. The Labute approximate surface area is 221 Å². The summed E-state index contributed by atoms with van der Waals surface area (Å²) in [6, 6.07) is 8.17. The van der Waals surface area contributed by atoms with E-state index in [2.05, 4.69) is 11.0 Å². The van der Waals surface area contributed by atoms with Crippen molar-refractivity contribution in [2.45, 2.75) is 25.9 Å². The number of aryl methyl sites for hydroxylation is 1. The lowest BCUT2D eigenvalue weighted by Gasteiger charge is -2.17. The SMILES string of the molecule is CCc1nc2sc(N3CCC(OC(=O)N(C)C)C3)nn2c1N(C)c1nc(-c2ccc(F)cc2)c(C#N)s1. The van der Waals surface area contributed by atoms with Gasteiger partial charge in [-0.25, -0.2) is 19.2 Å². The molecule has 1 atom stereocenters. The first-order chi connectivity index (χ1) is 17.8. The Morgan fingerprint density at radius 1 is 1.24 bits per heavy atom. The molecular formula is C24H25FN8O2S2. The highest BCUT2D eigenvalue weighted by molar-refractivity contribution is 7.20. The van der Waals surface area contributed by atoms with E-state index < -0.39 is 0 Å². The van der Waals surface area contributed by atoms with Gasteiger partial charge in [0.2, 0.25) is 10.1 Å². The van der Waals surface area contributed by atoms with E-state index in [1.54, 1.807) is 26.2 Å². The molecule has 37 heavy (non-hydrogen) atoms. The fourth-order valence-electron chi connectivity index (χ4n) is 4.14. The Morgan fingerprint density at radius 2 is 2.00 bits per heavy atom. The number of carbonyl (C=O) groups is 1. The molecule has 1 saturated heterocycles. The van der Waals surface area contributed by atoms with Gasteiger partial charge in [-0.1, -0.05) is 29.6 Å². The van der Waals surface area contributed by atoms with Crippen LogP contribution >= 0.6 is 22.7 Å². The van der Waals surface area contributed by atoms with Crippen molar-refractivity contribution in [1.29, 1.82) is 5.26 Å². The van der Waals surface area contributed by atoms with Gasteiger partial charge in [0.1, 0.15) is 28.6 Å². The summed E-state index contributed by atoms with van der Waals surface area (Å²) in [4.78, 5) is 28.1. The zero-order valence-electron chi connectivity index (χ0n) is 20.8. The van der Waals surface area contributed by atoms with Crippen LogP contribution < -0.4 is 9.80 Å². The van der Waals surface area contributed by atoms with Crippen LogP contribution in [-0.2, 0) is 11.2 Å². The van der Waals surface area contributed by atoms with Gasteiger partial charge in [0.15, 0.2) is 10.9 Å². The standard InChI is InChI=1S/C24H25FN8O2S2/c1-5-17-20(31(4)21-28-19(18(12-26)36-21)14-6-8-15(25)9-7-14)33-22(27-17)37-23(29-33)32-11-10-16(13-32)35-24(34)30(2)3/h6-9,16H,5,10-11,13H2,1-4H3. The van der Waals surface area contributed by atoms with E-state index in [0.717, 1.165) is 34.6 Å². The normalized spacial score (nSPS) is 15.2. The molecule has 1 aliphatic heterocycles. The van der Waals surface area contributed by atoms with Crippen molar-refractivity contribution in [2.24, 2.45) is 0 Å². The van der Waals surface area contributed by atoms with Gasteiger partial charge in [0, 0.05) is 39.7 Å². The Bertz CT molecular complexity index is 1490. The number of hydrogen-bond acceptors (Lipinski definition) is 10. The van der Waals surface area contributed by atoms with Gasteiger partial charge in [-0.05, 0) is 30.7 Å². The molecule has 4 aromatic rings. The second-order valence-electron chi connectivity index (χ2n) is 8.80. The van der Waals surface area contributed by atoms with Crippen molar-refractivity contribution in [3.8, 4) is 17.3 Å². The number of thiazole rings is 1. The highest BCUT2D eigenvalue weighted by Gasteiger charge is 2.30. The fraction of sp³-hybridized carbons (Fsp3) is 0.375. The summed E-state index contributed by atoms with van der Waals surface area (Å²) in [6.07, 6.45) is 0.886. The monoisotopic (exact) mass is 540 g/mol. The summed E-state index contributed by atoms with van der Waals surface area (Å²) in [5.74, 6) is 0.433. The maximum absolute atomic E-state index is 13.4. The zero-order valence-corrected chi connectivity index (χ0v) is 22.4. The molecule has 0 N–H and O–H groups in total. The van der Waals surface area contributed by atoms with E-state index in [1.807, 2.05) is 23.4 Å². The molecule has 1 fully saturated rings. The molecule has 1 unspecified atom stereocenters. The number of carbonyl (C=O) groups excluding carboxylic acids is 1. The smallest absolute Gasteiger partial charge is 0.409 e. The van der Waals surface area contributed by atoms with Crippen LogP contribution in [0, 0.1) is 17.1 Å². The summed E-state index contributed by atoms with van der Waals surface area (Å²) in [7, 11) is 5.21. The molecule has 1 amide bonds. The third kappa shape index (κ3) is 4.70. The Morgan fingerprint density at radius 3 is 2.68 bits per heavy atom. The number of imidazole rings is 1. The van der Waals surface area contributed by atoms with Gasteiger partial charge in [0.25, 0.3) is 0 Å². The van der Waals surface area contributed by atoms with E-state index in [9.17, 15) is 14.4 Å². The number of rotatable bonds is 6. The van der Waals surface area contributed by atoms with Crippen molar-refractivity contribution in [2.75, 3.05) is 44.0 Å². The highest BCUT2D eigenvalue weighted by atomic mass is 32.1. The number of anilines is 3. The van der Waals surface area contributed by atoms with Crippen LogP contribution in [0.25, 0.3) is 16.2 Å². The zero-order chi connectivity index (χ0) is 26.3. The number of hydrogen-bond donors (Lipinski definition) is 0. The molecule has 10 nitrogen and oxygen atoms in total. The molecule has 0 radical (unpaired) electrons. The quantitative estimate of drug-likeness (QED) is 0.351. The largest absolute Gasteiger partial charge is 0.444 e. The van der Waals surface area contributed by atoms with Crippen LogP contribution in [0.2, 0.25) is 0 Å². The number of nitriles is 1. The van der Waals surface area contributed by atoms with Gasteiger partial charge in [-0.3, -0.25) is 0 Å². The van der Waals surface area contributed by atoms with Crippen LogP contribution in [0.3, 0.4) is 0 Å². The number of halogens is 1. The predicted molar refractivity (Wildman–Crippen MR) is 141 cm³/mol. The lowest BCUT2D eigenvalue weighted by Crippen LogP contribution is -2.30. The molecule has 192 valence electrons. The number of amides is 1. The van der Waals surface area contributed by atoms with E-state index in [-0.39, 0.29) is 18.0 Å². The molecule has 13 heteroatoms. The van der Waals surface area contributed by atoms with E-state index >= 15 is 0 Å². The number of benzene rings is 1. The third-order valence-electron chi connectivity index (χ3n) is 6.06. The minimum Gasteiger partial charge on any atom is -0.444 e. The van der Waals surface area contributed by atoms with Gasteiger partial charge >= 0.3 is 6.09 Å². The first-order valence-electron chi connectivity index (χ1n) is 11.7. The van der Waals surface area contributed by atoms with Crippen LogP contribution in [0.1, 0.15) is 23.9 Å². The Balaban J connectivity index is 1.45. The number of nitrogens with zero attached hydrogens (tertiary/aromatic N) is 8. The van der Waals surface area contributed by atoms with Crippen LogP contribution in [0.4, 0.5) is 25.3 Å². The molecular weight excluding hydrogens is 515 g/mol. The molecule has 0 saturated carbocycles. The van der Waals surface area contributed by atoms with Gasteiger partial charge < -0.3 is 19.4 Å². The van der Waals surface area contributed by atoms with Gasteiger partial charge in [-0.2, -0.15) is 9.78 Å². The summed E-state index contributed by atoms with van der Waals surface area (Å²) in [5, 5.41) is 16.0. The average Bonchev–Trinajstić information content (AvgIpc) is 3.66. The Hall–Kier alpha value is -3.76. The second-order valence-corrected chi connectivity index (χ2v) is 10.7. The topological polar surface area (TPSA) is 103 Å². The van der Waals surface area contributed by atoms with Gasteiger partial charge in [0.05, 0.1) is 12.2 Å². The molecule has 1 aromatic carbocycles. The first-order valence-corrected chi connectivity index (χ1v) is 13.3. The minimum atomic E-state index is -0.350. The fourth-order valence-corrected chi connectivity index (χ4v) is 5.94. The Kier molecular flexibility index (Phi) is 6.70. The minimum absolute atomic E-state index is 0.191. The maximum Gasteiger partial charge on any atom is 0.409 e. The van der Waals surface area contributed by atoms with Crippen LogP contribution in [-0.4, -0.2) is 70.9 Å². The summed E-state index contributed by atoms with van der Waals surface area (Å²) < 4.78 is 20.8. The number of ether oxygens (including phenoxy) is 1. The van der Waals surface area contributed by atoms with E-state index in [1.165, 1.54) is 39.7 Å². The number of fused-ring (bicyclic) bond motifs is 1. The third-order valence-corrected chi connectivity index (χ3v) is 8.07. The molecule has 4 heterocycles. The van der Waals surface area contributed by atoms with E-state index in [4.69, 9.17) is 19.8 Å². The maximum atomic E-state index is 13.4. The lowest BCUT2D eigenvalue weighted by atomic mass is 10.1. The molecule has 5 rings (SSSR count). The van der Waals surface area contributed by atoms with Crippen molar-refractivity contribution >= 4 is 49.8 Å². The summed E-state index contributed by atoms with van der Waals surface area (Å²) in [6.45, 7) is 3.33. The highest BCUT2D eigenvalue weighted by Crippen LogP contribution is 2.38. The molecule has 0 bridgehead atoms. The van der Waals surface area contributed by atoms with Crippen LogP contribution in [0.15, 0.2) is 24.3 Å². The second kappa shape index (κ2) is 9.95. The van der Waals surface area contributed by atoms with Crippen molar-refractivity contribution in [3.05, 3.63) is 40.7 Å².